The molecular weight excluding hydrogens is 440 g/mol. The summed E-state index contributed by atoms with van der Waals surface area (Å²) in [5.74, 6) is 0.595. The molecule has 4 rings (SSSR count). The number of nitrogens with zero attached hydrogens (tertiary/aromatic N) is 2. The standard InChI is InChI=1S/C24H33FN5PS/c1-27-18-5-3-17(4-6-18)24-29-16-23(32-24)21-8-7-19(13-22(21)31-11-2-12-31)30-20(14-26)15-28-10-9-25/h7-8,13-18,27,30H,2-6,9-12,26H2,1H3. The maximum atomic E-state index is 12.3. The Bertz CT molecular complexity index is 948. The lowest BCUT2D eigenvalue weighted by Crippen LogP contribution is -2.29. The van der Waals surface area contributed by atoms with Crippen LogP contribution in [0.4, 0.5) is 10.1 Å². The Balaban J connectivity index is 1.53. The SMILES string of the molecule is CNC1CCC(c2ncc(-c3ccc(NC(C=NCCF)=CN)cc3P3CCC3)s2)CC1. The molecule has 172 valence electrons. The lowest BCUT2D eigenvalue weighted by atomic mass is 9.86. The average Bonchev–Trinajstić information content (AvgIpc) is 3.28. The Kier molecular flexibility index (Phi) is 8.28. The fourth-order valence-corrected chi connectivity index (χ4v) is 7.54. The second-order valence-corrected chi connectivity index (χ2v) is 12.0. The number of rotatable bonds is 9. The van der Waals surface area contributed by atoms with Gasteiger partial charge in [0, 0.05) is 41.8 Å². The number of anilines is 1. The zero-order valence-electron chi connectivity index (χ0n) is 18.7. The van der Waals surface area contributed by atoms with Crippen LogP contribution in [0.2, 0.25) is 0 Å². The molecule has 1 aromatic carbocycles. The lowest BCUT2D eigenvalue weighted by molar-refractivity contribution is 0.358. The number of nitrogens with two attached hydrogens (primary N) is 1. The highest BCUT2D eigenvalue weighted by atomic mass is 32.1. The van der Waals surface area contributed by atoms with Gasteiger partial charge in [-0.3, -0.25) is 4.99 Å². The van der Waals surface area contributed by atoms with E-state index in [1.165, 1.54) is 71.4 Å². The van der Waals surface area contributed by atoms with E-state index in [4.69, 9.17) is 10.7 Å². The number of benzene rings is 1. The van der Waals surface area contributed by atoms with Crippen LogP contribution in [0.5, 0.6) is 0 Å². The van der Waals surface area contributed by atoms with Crippen LogP contribution in [0.15, 0.2) is 41.3 Å². The summed E-state index contributed by atoms with van der Waals surface area (Å²) in [5, 5.41) is 9.49. The van der Waals surface area contributed by atoms with Gasteiger partial charge in [-0.1, -0.05) is 14.0 Å². The van der Waals surface area contributed by atoms with Crippen LogP contribution in [0.1, 0.15) is 43.0 Å². The third-order valence-electron chi connectivity index (χ3n) is 6.38. The molecule has 0 spiro atoms. The van der Waals surface area contributed by atoms with Gasteiger partial charge in [-0.05, 0) is 68.9 Å². The maximum absolute atomic E-state index is 12.3. The molecule has 1 aliphatic heterocycles. The maximum Gasteiger partial charge on any atom is 0.109 e. The summed E-state index contributed by atoms with van der Waals surface area (Å²) in [7, 11) is 1.95. The molecule has 1 saturated heterocycles. The van der Waals surface area contributed by atoms with Gasteiger partial charge >= 0.3 is 0 Å². The first-order valence-electron chi connectivity index (χ1n) is 11.5. The van der Waals surface area contributed by atoms with Crippen molar-refractivity contribution in [3.05, 3.63) is 41.3 Å². The fraction of sp³-hybridized carbons (Fsp3) is 0.500. The van der Waals surface area contributed by atoms with Gasteiger partial charge < -0.3 is 16.4 Å². The van der Waals surface area contributed by atoms with Crippen molar-refractivity contribution >= 4 is 36.5 Å². The minimum absolute atomic E-state index is 0.113. The van der Waals surface area contributed by atoms with Crippen LogP contribution in [0.3, 0.4) is 0 Å². The molecule has 32 heavy (non-hydrogen) atoms. The summed E-state index contributed by atoms with van der Waals surface area (Å²) in [6.07, 6.45) is 14.0. The number of hydrogen-bond donors (Lipinski definition) is 3. The number of alkyl halides is 1. The average molecular weight is 474 g/mol. The highest BCUT2D eigenvalue weighted by molar-refractivity contribution is 7.67. The molecule has 5 nitrogen and oxygen atoms in total. The Morgan fingerprint density at radius 1 is 1.31 bits per heavy atom. The summed E-state index contributed by atoms with van der Waals surface area (Å²) < 4.78 is 12.3. The number of nitrogens with one attached hydrogen (secondary N) is 2. The van der Waals surface area contributed by atoms with Crippen molar-refractivity contribution in [2.75, 3.05) is 37.9 Å². The first-order chi connectivity index (χ1) is 15.7. The molecule has 4 N–H and O–H groups in total. The molecule has 0 radical (unpaired) electrons. The van der Waals surface area contributed by atoms with E-state index in [9.17, 15) is 4.39 Å². The normalized spacial score (nSPS) is 22.2. The number of hydrogen-bond acceptors (Lipinski definition) is 6. The minimum Gasteiger partial charge on any atom is -0.403 e. The summed E-state index contributed by atoms with van der Waals surface area (Å²) in [6, 6.07) is 7.25. The van der Waals surface area contributed by atoms with Crippen LogP contribution in [-0.2, 0) is 0 Å². The van der Waals surface area contributed by atoms with Gasteiger partial charge in [0.1, 0.15) is 6.67 Å². The number of aromatic nitrogens is 1. The van der Waals surface area contributed by atoms with Crippen LogP contribution in [-0.4, -0.2) is 49.8 Å². The number of thiazole rings is 1. The molecule has 1 saturated carbocycles. The topological polar surface area (TPSA) is 75.3 Å². The van der Waals surface area contributed by atoms with E-state index >= 15 is 0 Å². The van der Waals surface area contributed by atoms with Gasteiger partial charge in [0.05, 0.1) is 22.1 Å². The molecule has 8 heteroatoms. The second kappa shape index (κ2) is 11.4. The Hall–Kier alpha value is -1.82. The van der Waals surface area contributed by atoms with Gasteiger partial charge in [-0.25, -0.2) is 9.37 Å². The first kappa shape index (κ1) is 23.3. The number of aliphatic imine (C=N–C) groups is 1. The Labute approximate surface area is 195 Å². The van der Waals surface area contributed by atoms with Crippen molar-refractivity contribution in [3.8, 4) is 10.4 Å². The molecule has 2 heterocycles. The van der Waals surface area contributed by atoms with Gasteiger partial charge in [0.2, 0.25) is 0 Å². The zero-order chi connectivity index (χ0) is 22.3. The molecule has 1 aliphatic carbocycles. The molecule has 1 aromatic heterocycles. The van der Waals surface area contributed by atoms with Crippen molar-refractivity contribution in [1.82, 2.24) is 10.3 Å². The van der Waals surface area contributed by atoms with Crippen LogP contribution >= 0.6 is 19.3 Å². The van der Waals surface area contributed by atoms with E-state index in [0.717, 1.165) is 5.69 Å². The quantitative estimate of drug-likeness (QED) is 0.361. The third-order valence-corrected chi connectivity index (χ3v) is 10.3. The van der Waals surface area contributed by atoms with E-state index in [2.05, 4.69) is 47.1 Å². The molecular formula is C24H33FN5PS. The third kappa shape index (κ3) is 5.56. The van der Waals surface area contributed by atoms with Crippen molar-refractivity contribution < 1.29 is 4.39 Å². The summed E-state index contributed by atoms with van der Waals surface area (Å²) in [4.78, 5) is 10.2. The van der Waals surface area contributed by atoms with Crippen molar-refractivity contribution in [1.29, 1.82) is 0 Å². The predicted octanol–water partition coefficient (Wildman–Crippen LogP) is 4.82. The molecule has 2 aliphatic rings. The van der Waals surface area contributed by atoms with Crippen LogP contribution < -0.4 is 21.7 Å². The van der Waals surface area contributed by atoms with Crippen LogP contribution in [0.25, 0.3) is 10.4 Å². The largest absolute Gasteiger partial charge is 0.403 e. The van der Waals surface area contributed by atoms with Gasteiger partial charge in [-0.2, -0.15) is 0 Å². The van der Waals surface area contributed by atoms with Gasteiger partial charge in [0.25, 0.3) is 0 Å². The monoisotopic (exact) mass is 473 g/mol. The van der Waals surface area contributed by atoms with Crippen molar-refractivity contribution in [2.45, 2.75) is 44.1 Å². The molecule has 0 amide bonds. The molecule has 0 atom stereocenters. The highest BCUT2D eigenvalue weighted by Crippen LogP contribution is 2.48. The van der Waals surface area contributed by atoms with E-state index in [-0.39, 0.29) is 14.5 Å². The smallest absolute Gasteiger partial charge is 0.109 e. The Morgan fingerprint density at radius 2 is 2.12 bits per heavy atom. The molecule has 0 bridgehead atoms. The van der Waals surface area contributed by atoms with E-state index in [1.807, 2.05) is 11.3 Å². The Morgan fingerprint density at radius 3 is 2.78 bits per heavy atom. The van der Waals surface area contributed by atoms with E-state index in [0.29, 0.717) is 17.7 Å². The summed E-state index contributed by atoms with van der Waals surface area (Å²) >= 11 is 1.88. The number of halogens is 1. The molecule has 2 fully saturated rings. The van der Waals surface area contributed by atoms with Crippen molar-refractivity contribution in [3.63, 3.8) is 0 Å². The molecule has 2 aromatic rings. The zero-order valence-corrected chi connectivity index (χ0v) is 20.4. The van der Waals surface area contributed by atoms with E-state index in [1.54, 1.807) is 6.21 Å². The predicted molar refractivity (Wildman–Crippen MR) is 138 cm³/mol. The van der Waals surface area contributed by atoms with Crippen LogP contribution in [0, 0.1) is 0 Å². The molecule has 0 unspecified atom stereocenters. The first-order valence-corrected chi connectivity index (χ1v) is 14.0. The second-order valence-electron chi connectivity index (χ2n) is 8.44. The summed E-state index contributed by atoms with van der Waals surface area (Å²) in [5.41, 5.74) is 8.74. The van der Waals surface area contributed by atoms with Gasteiger partial charge in [0.15, 0.2) is 0 Å². The highest BCUT2D eigenvalue weighted by Gasteiger charge is 2.26. The minimum atomic E-state index is -0.467. The number of allylic oxidation sites excluding steroid dienone is 1. The van der Waals surface area contributed by atoms with E-state index < -0.39 is 6.67 Å². The van der Waals surface area contributed by atoms with Gasteiger partial charge in [-0.15, -0.1) is 11.3 Å². The van der Waals surface area contributed by atoms with Crippen molar-refractivity contribution in [2.24, 2.45) is 10.7 Å². The lowest BCUT2D eigenvalue weighted by Gasteiger charge is -2.29. The summed E-state index contributed by atoms with van der Waals surface area (Å²) in [6.45, 7) is -0.315. The fourth-order valence-electron chi connectivity index (χ4n) is 4.36.